The van der Waals surface area contributed by atoms with Crippen LogP contribution in [0.2, 0.25) is 5.02 Å². The number of anilines is 1. The van der Waals surface area contributed by atoms with Gasteiger partial charge in [-0.05, 0) is 31.2 Å². The van der Waals surface area contributed by atoms with Crippen LogP contribution in [0.5, 0.6) is 0 Å². The van der Waals surface area contributed by atoms with Gasteiger partial charge in [-0.25, -0.2) is 27.5 Å². The second-order valence-electron chi connectivity index (χ2n) is 6.60. The maximum atomic E-state index is 13.4. The van der Waals surface area contributed by atoms with E-state index in [0.717, 1.165) is 17.8 Å². The monoisotopic (exact) mass is 436 g/mol. The molecule has 0 saturated carbocycles. The molecule has 8 nitrogen and oxygen atoms in total. The van der Waals surface area contributed by atoms with Crippen molar-refractivity contribution in [2.45, 2.75) is 11.8 Å². The molecule has 0 spiro atoms. The predicted octanol–water partition coefficient (Wildman–Crippen LogP) is 2.27. The summed E-state index contributed by atoms with van der Waals surface area (Å²) in [5.74, 6) is 0.687. The van der Waals surface area contributed by atoms with E-state index in [1.807, 2.05) is 30.2 Å². The Morgan fingerprint density at radius 2 is 1.76 bits per heavy atom. The van der Waals surface area contributed by atoms with Gasteiger partial charge in [-0.2, -0.15) is 9.40 Å². The summed E-state index contributed by atoms with van der Waals surface area (Å²) in [6.45, 7) is 3.37. The van der Waals surface area contributed by atoms with Gasteiger partial charge < -0.3 is 4.90 Å². The van der Waals surface area contributed by atoms with Gasteiger partial charge in [-0.1, -0.05) is 11.6 Å². The van der Waals surface area contributed by atoms with E-state index < -0.39 is 15.8 Å². The molecule has 1 aliphatic heterocycles. The van der Waals surface area contributed by atoms with Crippen LogP contribution < -0.4 is 4.90 Å². The lowest BCUT2D eigenvalue weighted by Gasteiger charge is -2.34. The average molecular weight is 437 g/mol. The molecule has 0 radical (unpaired) electrons. The Balaban J connectivity index is 1.49. The highest BCUT2D eigenvalue weighted by Gasteiger charge is 2.29. The number of piperazine rings is 1. The summed E-state index contributed by atoms with van der Waals surface area (Å²) in [6.07, 6.45) is 3.28. The van der Waals surface area contributed by atoms with Crippen LogP contribution in [0.4, 0.5) is 10.2 Å². The van der Waals surface area contributed by atoms with Crippen LogP contribution in [0, 0.1) is 12.7 Å². The maximum Gasteiger partial charge on any atom is 0.243 e. The number of hydrogen-bond donors (Lipinski definition) is 0. The van der Waals surface area contributed by atoms with Crippen molar-refractivity contribution in [3.8, 4) is 5.82 Å². The molecule has 2 aromatic heterocycles. The third-order valence-electron chi connectivity index (χ3n) is 4.69. The first-order chi connectivity index (χ1) is 13.8. The lowest BCUT2D eigenvalue weighted by molar-refractivity contribution is 0.383. The van der Waals surface area contributed by atoms with Gasteiger partial charge in [0.05, 0.1) is 15.6 Å². The highest BCUT2D eigenvalue weighted by molar-refractivity contribution is 7.89. The minimum atomic E-state index is -3.75. The summed E-state index contributed by atoms with van der Waals surface area (Å²) >= 11 is 5.74. The van der Waals surface area contributed by atoms with Gasteiger partial charge in [-0.15, -0.1) is 0 Å². The second-order valence-corrected chi connectivity index (χ2v) is 8.95. The van der Waals surface area contributed by atoms with Crippen molar-refractivity contribution in [2.75, 3.05) is 31.1 Å². The van der Waals surface area contributed by atoms with Gasteiger partial charge >= 0.3 is 0 Å². The van der Waals surface area contributed by atoms with Crippen molar-refractivity contribution in [1.82, 2.24) is 24.1 Å². The van der Waals surface area contributed by atoms with E-state index >= 15 is 0 Å². The Morgan fingerprint density at radius 1 is 1.03 bits per heavy atom. The molecule has 29 heavy (non-hydrogen) atoms. The SMILES string of the molecule is Cc1ccn(-c2cc(N3CCN(S(=O)(=O)c4ccc(F)c(Cl)c4)CC3)ncn2)n1. The summed E-state index contributed by atoms with van der Waals surface area (Å²) in [5.41, 5.74) is 0.880. The Hall–Kier alpha value is -2.56. The number of sulfonamides is 1. The maximum absolute atomic E-state index is 13.4. The smallest absolute Gasteiger partial charge is 0.243 e. The van der Waals surface area contributed by atoms with E-state index in [9.17, 15) is 12.8 Å². The number of nitrogens with zero attached hydrogens (tertiary/aromatic N) is 6. The van der Waals surface area contributed by atoms with Crippen molar-refractivity contribution >= 4 is 27.4 Å². The molecule has 152 valence electrons. The standard InChI is InChI=1S/C18H18ClFN6O2S/c1-13-4-5-26(23-13)18-11-17(21-12-22-18)24-6-8-25(9-7-24)29(27,28)14-2-3-16(20)15(19)10-14/h2-5,10-12H,6-9H2,1H3. The molecule has 1 aliphatic rings. The molecular weight excluding hydrogens is 419 g/mol. The van der Waals surface area contributed by atoms with Crippen LogP contribution >= 0.6 is 11.6 Å². The molecule has 11 heteroatoms. The van der Waals surface area contributed by atoms with Crippen molar-refractivity contribution in [3.05, 3.63) is 59.4 Å². The summed E-state index contributed by atoms with van der Waals surface area (Å²) < 4.78 is 42.0. The quantitative estimate of drug-likeness (QED) is 0.623. The van der Waals surface area contributed by atoms with Gasteiger partial charge in [0.2, 0.25) is 10.0 Å². The Bertz CT molecular complexity index is 1140. The molecule has 0 aliphatic carbocycles. The molecule has 0 amide bonds. The fraction of sp³-hybridized carbons (Fsp3) is 0.278. The lowest BCUT2D eigenvalue weighted by Crippen LogP contribution is -2.49. The van der Waals surface area contributed by atoms with Gasteiger partial charge in [0.15, 0.2) is 5.82 Å². The van der Waals surface area contributed by atoms with E-state index in [1.165, 1.54) is 16.7 Å². The lowest BCUT2D eigenvalue weighted by atomic mass is 10.3. The molecule has 3 heterocycles. The summed E-state index contributed by atoms with van der Waals surface area (Å²) in [5, 5.41) is 4.13. The van der Waals surface area contributed by atoms with E-state index in [-0.39, 0.29) is 23.0 Å². The first-order valence-electron chi connectivity index (χ1n) is 8.89. The topological polar surface area (TPSA) is 84.2 Å². The number of aryl methyl sites for hydroxylation is 1. The molecule has 0 N–H and O–H groups in total. The number of hydrogen-bond acceptors (Lipinski definition) is 6. The van der Waals surface area contributed by atoms with E-state index in [2.05, 4.69) is 15.1 Å². The summed E-state index contributed by atoms with van der Waals surface area (Å²) in [7, 11) is -3.75. The third-order valence-corrected chi connectivity index (χ3v) is 6.87. The molecule has 1 fully saturated rings. The number of rotatable bonds is 4. The first-order valence-corrected chi connectivity index (χ1v) is 10.7. The highest BCUT2D eigenvalue weighted by atomic mass is 35.5. The second kappa shape index (κ2) is 7.69. The molecule has 0 atom stereocenters. The minimum Gasteiger partial charge on any atom is -0.354 e. The van der Waals surface area contributed by atoms with E-state index in [0.29, 0.717) is 24.7 Å². The molecule has 1 saturated heterocycles. The zero-order valence-electron chi connectivity index (χ0n) is 15.5. The molecule has 4 rings (SSSR count). The summed E-state index contributed by atoms with van der Waals surface area (Å²) in [4.78, 5) is 10.5. The average Bonchev–Trinajstić information content (AvgIpc) is 3.16. The normalized spacial score (nSPS) is 15.6. The van der Waals surface area contributed by atoms with Crippen LogP contribution in [0.3, 0.4) is 0 Å². The zero-order valence-corrected chi connectivity index (χ0v) is 17.1. The molecular formula is C18H18ClFN6O2S. The van der Waals surface area contributed by atoms with Crippen LogP contribution in [0.1, 0.15) is 5.69 Å². The minimum absolute atomic E-state index is 0.0178. The zero-order chi connectivity index (χ0) is 20.6. The van der Waals surface area contributed by atoms with Gasteiger partial charge in [0, 0.05) is 38.4 Å². The summed E-state index contributed by atoms with van der Waals surface area (Å²) in [6, 6.07) is 7.13. The van der Waals surface area contributed by atoms with Crippen molar-refractivity contribution < 1.29 is 12.8 Å². The van der Waals surface area contributed by atoms with Crippen LogP contribution in [0.15, 0.2) is 47.8 Å². The fourth-order valence-electron chi connectivity index (χ4n) is 3.12. The fourth-order valence-corrected chi connectivity index (χ4v) is 4.82. The van der Waals surface area contributed by atoms with Gasteiger partial charge in [0.1, 0.15) is 18.0 Å². The van der Waals surface area contributed by atoms with Crippen LogP contribution in [0.25, 0.3) is 5.82 Å². The first kappa shape index (κ1) is 19.7. The number of aromatic nitrogens is 4. The van der Waals surface area contributed by atoms with Gasteiger partial charge in [0.25, 0.3) is 0 Å². The third kappa shape index (κ3) is 3.96. The molecule has 1 aromatic carbocycles. The van der Waals surface area contributed by atoms with Crippen molar-refractivity contribution in [2.24, 2.45) is 0 Å². The largest absolute Gasteiger partial charge is 0.354 e. The van der Waals surface area contributed by atoms with E-state index in [1.54, 1.807) is 4.68 Å². The van der Waals surface area contributed by atoms with E-state index in [4.69, 9.17) is 11.6 Å². The Labute approximate surface area is 172 Å². The highest BCUT2D eigenvalue weighted by Crippen LogP contribution is 2.24. The van der Waals surface area contributed by atoms with Gasteiger partial charge in [-0.3, -0.25) is 0 Å². The Morgan fingerprint density at radius 3 is 2.41 bits per heavy atom. The Kier molecular flexibility index (Phi) is 5.24. The number of benzene rings is 1. The van der Waals surface area contributed by atoms with Crippen molar-refractivity contribution in [1.29, 1.82) is 0 Å². The number of halogens is 2. The van der Waals surface area contributed by atoms with Crippen molar-refractivity contribution in [3.63, 3.8) is 0 Å². The molecule has 3 aromatic rings. The predicted molar refractivity (Wildman–Crippen MR) is 106 cm³/mol. The molecule has 0 bridgehead atoms. The van der Waals surface area contributed by atoms with Crippen LogP contribution in [-0.4, -0.2) is 58.7 Å². The molecule has 0 unspecified atom stereocenters. The van der Waals surface area contributed by atoms with Crippen LogP contribution in [-0.2, 0) is 10.0 Å².